The van der Waals surface area contributed by atoms with E-state index in [0.29, 0.717) is 17.4 Å². The molecular weight excluding hydrogens is 683 g/mol. The van der Waals surface area contributed by atoms with E-state index in [1.807, 2.05) is 27.2 Å². The summed E-state index contributed by atoms with van der Waals surface area (Å²) in [6.07, 6.45) is 42.3. The van der Waals surface area contributed by atoms with E-state index in [-0.39, 0.29) is 19.1 Å². The third kappa shape index (κ3) is 39.0. The molecule has 3 unspecified atom stereocenters. The minimum Gasteiger partial charge on any atom is -0.756 e. The number of carbonyl (C=O) groups is 1. The van der Waals surface area contributed by atoms with Gasteiger partial charge in [-0.05, 0) is 32.1 Å². The topological polar surface area (TPSA) is 108 Å². The molecular formula is C44H87N2O6P. The predicted octanol–water partition coefficient (Wildman–Crippen LogP) is 11.5. The van der Waals surface area contributed by atoms with Gasteiger partial charge in [0, 0.05) is 6.42 Å². The molecule has 0 fully saturated rings. The van der Waals surface area contributed by atoms with Crippen LogP contribution in [0.2, 0.25) is 0 Å². The van der Waals surface area contributed by atoms with Gasteiger partial charge >= 0.3 is 0 Å². The van der Waals surface area contributed by atoms with Crippen LogP contribution in [-0.4, -0.2) is 68.5 Å². The molecule has 0 aromatic carbocycles. The SMILES string of the molecule is CCCCCCCCCCCCCCCC/C=C/CC/C=C/C(O)C(COP(=O)([O-])OCC[N+](C)(C)C)NC(=O)CCCCCCCCCCCCC. The van der Waals surface area contributed by atoms with Crippen molar-refractivity contribution in [3.63, 3.8) is 0 Å². The number of phosphoric acid groups is 1. The lowest BCUT2D eigenvalue weighted by Crippen LogP contribution is -2.45. The van der Waals surface area contributed by atoms with Crippen molar-refractivity contribution in [1.29, 1.82) is 0 Å². The second-order valence-electron chi connectivity index (χ2n) is 16.4. The molecule has 0 radical (unpaired) electrons. The number of hydrogen-bond acceptors (Lipinski definition) is 6. The number of allylic oxidation sites excluding steroid dienone is 3. The number of likely N-dealkylation sites (N-methyl/N-ethyl adjacent to an activating group) is 1. The lowest BCUT2D eigenvalue weighted by Gasteiger charge is -2.29. The van der Waals surface area contributed by atoms with Crippen LogP contribution in [0.4, 0.5) is 0 Å². The average molecular weight is 771 g/mol. The van der Waals surface area contributed by atoms with E-state index >= 15 is 0 Å². The molecule has 3 atom stereocenters. The van der Waals surface area contributed by atoms with Gasteiger partial charge in [-0.2, -0.15) is 0 Å². The molecule has 0 aliphatic rings. The number of nitrogens with one attached hydrogen (secondary N) is 1. The molecule has 0 bridgehead atoms. The first kappa shape index (κ1) is 52.0. The highest BCUT2D eigenvalue weighted by Gasteiger charge is 2.23. The summed E-state index contributed by atoms with van der Waals surface area (Å²) >= 11 is 0. The molecule has 0 aromatic rings. The molecule has 0 saturated carbocycles. The Balaban J connectivity index is 4.42. The molecule has 0 rings (SSSR count). The summed E-state index contributed by atoms with van der Waals surface area (Å²) in [5, 5.41) is 13.7. The Morgan fingerprint density at radius 1 is 0.642 bits per heavy atom. The fourth-order valence-corrected chi connectivity index (χ4v) is 7.07. The Bertz CT molecular complexity index is 922. The number of phosphoric ester groups is 1. The van der Waals surface area contributed by atoms with E-state index in [0.717, 1.165) is 38.5 Å². The first-order valence-corrected chi connectivity index (χ1v) is 23.7. The Kier molecular flexibility index (Phi) is 35.9. The van der Waals surface area contributed by atoms with Crippen molar-refractivity contribution in [2.75, 3.05) is 40.9 Å². The Morgan fingerprint density at radius 3 is 1.53 bits per heavy atom. The number of unbranched alkanes of at least 4 members (excludes halogenated alkanes) is 25. The average Bonchev–Trinajstić information content (AvgIpc) is 3.10. The minimum atomic E-state index is -4.59. The summed E-state index contributed by atoms with van der Waals surface area (Å²) in [6, 6.07) is -0.897. The van der Waals surface area contributed by atoms with E-state index in [4.69, 9.17) is 9.05 Å². The van der Waals surface area contributed by atoms with Gasteiger partial charge in [0.2, 0.25) is 5.91 Å². The Morgan fingerprint density at radius 2 is 1.06 bits per heavy atom. The molecule has 2 N–H and O–H groups in total. The molecule has 0 aliphatic heterocycles. The second-order valence-corrected chi connectivity index (χ2v) is 17.8. The highest BCUT2D eigenvalue weighted by molar-refractivity contribution is 7.45. The molecule has 0 aliphatic carbocycles. The highest BCUT2D eigenvalue weighted by atomic mass is 31.2. The zero-order valence-corrected chi connectivity index (χ0v) is 36.4. The molecule has 1 amide bonds. The van der Waals surface area contributed by atoms with E-state index in [1.54, 1.807) is 6.08 Å². The number of quaternary nitrogens is 1. The Hall–Kier alpha value is -1.02. The van der Waals surface area contributed by atoms with Crippen molar-refractivity contribution in [2.45, 2.75) is 212 Å². The fourth-order valence-electron chi connectivity index (χ4n) is 6.34. The van der Waals surface area contributed by atoms with Crippen LogP contribution in [0.25, 0.3) is 0 Å². The van der Waals surface area contributed by atoms with Crippen LogP contribution >= 0.6 is 7.82 Å². The van der Waals surface area contributed by atoms with Crippen molar-refractivity contribution in [1.82, 2.24) is 5.32 Å². The third-order valence-corrected chi connectivity index (χ3v) is 10.9. The van der Waals surface area contributed by atoms with Gasteiger partial charge in [0.25, 0.3) is 7.82 Å². The van der Waals surface area contributed by atoms with Gasteiger partial charge in [-0.3, -0.25) is 9.36 Å². The largest absolute Gasteiger partial charge is 0.756 e. The van der Waals surface area contributed by atoms with Crippen molar-refractivity contribution in [3.8, 4) is 0 Å². The second kappa shape index (κ2) is 36.6. The van der Waals surface area contributed by atoms with E-state index in [2.05, 4.69) is 31.3 Å². The predicted molar refractivity (Wildman–Crippen MR) is 224 cm³/mol. The minimum absolute atomic E-state index is 0.00443. The van der Waals surface area contributed by atoms with E-state index in [9.17, 15) is 19.4 Å². The van der Waals surface area contributed by atoms with E-state index < -0.39 is 20.0 Å². The lowest BCUT2D eigenvalue weighted by atomic mass is 10.0. The van der Waals surface area contributed by atoms with Crippen LogP contribution in [0.1, 0.15) is 200 Å². The quantitative estimate of drug-likeness (QED) is 0.0278. The van der Waals surface area contributed by atoms with Crippen LogP contribution in [0.3, 0.4) is 0 Å². The van der Waals surface area contributed by atoms with Gasteiger partial charge in [0.1, 0.15) is 13.2 Å². The number of rotatable bonds is 40. The molecule has 8 nitrogen and oxygen atoms in total. The van der Waals surface area contributed by atoms with Gasteiger partial charge < -0.3 is 28.8 Å². The number of hydrogen-bond donors (Lipinski definition) is 2. The number of amides is 1. The summed E-state index contributed by atoms with van der Waals surface area (Å²) in [5.74, 6) is -0.208. The summed E-state index contributed by atoms with van der Waals surface area (Å²) in [5.41, 5.74) is 0. The van der Waals surface area contributed by atoms with Crippen LogP contribution < -0.4 is 10.2 Å². The van der Waals surface area contributed by atoms with E-state index in [1.165, 1.54) is 141 Å². The zero-order chi connectivity index (χ0) is 39.3. The molecule has 53 heavy (non-hydrogen) atoms. The molecule has 0 saturated heterocycles. The fraction of sp³-hybridized carbons (Fsp3) is 0.886. The number of nitrogens with zero attached hydrogens (tertiary/aromatic N) is 1. The first-order valence-electron chi connectivity index (χ1n) is 22.2. The molecule has 314 valence electrons. The van der Waals surface area contributed by atoms with Crippen LogP contribution in [0.15, 0.2) is 24.3 Å². The number of aliphatic hydroxyl groups excluding tert-OH is 1. The van der Waals surface area contributed by atoms with Gasteiger partial charge in [-0.25, -0.2) is 0 Å². The maximum atomic E-state index is 12.8. The van der Waals surface area contributed by atoms with Crippen molar-refractivity contribution in [2.24, 2.45) is 0 Å². The van der Waals surface area contributed by atoms with Crippen LogP contribution in [0.5, 0.6) is 0 Å². The number of carbonyl (C=O) groups excluding carboxylic acids is 1. The summed E-state index contributed by atoms with van der Waals surface area (Å²) < 4.78 is 23.1. The van der Waals surface area contributed by atoms with Crippen LogP contribution in [0, 0.1) is 0 Å². The van der Waals surface area contributed by atoms with Gasteiger partial charge in [0.05, 0.1) is 39.9 Å². The van der Waals surface area contributed by atoms with Crippen molar-refractivity contribution in [3.05, 3.63) is 24.3 Å². The summed E-state index contributed by atoms with van der Waals surface area (Å²) in [6.45, 7) is 4.62. The van der Waals surface area contributed by atoms with Gasteiger partial charge in [-0.1, -0.05) is 186 Å². The molecule has 9 heteroatoms. The summed E-state index contributed by atoms with van der Waals surface area (Å²) in [7, 11) is 1.25. The smallest absolute Gasteiger partial charge is 0.268 e. The third-order valence-electron chi connectivity index (χ3n) is 9.91. The molecule has 0 heterocycles. The Labute approximate surface area is 328 Å². The zero-order valence-electron chi connectivity index (χ0n) is 35.5. The first-order chi connectivity index (χ1) is 25.5. The molecule has 0 spiro atoms. The van der Waals surface area contributed by atoms with Crippen molar-refractivity contribution < 1.29 is 32.9 Å². The van der Waals surface area contributed by atoms with Gasteiger partial charge in [0.15, 0.2) is 0 Å². The highest BCUT2D eigenvalue weighted by Crippen LogP contribution is 2.38. The number of aliphatic hydroxyl groups is 1. The van der Waals surface area contributed by atoms with Crippen molar-refractivity contribution >= 4 is 13.7 Å². The lowest BCUT2D eigenvalue weighted by molar-refractivity contribution is -0.870. The normalized spacial score (nSPS) is 14.6. The van der Waals surface area contributed by atoms with Crippen LogP contribution in [-0.2, 0) is 18.4 Å². The summed E-state index contributed by atoms with van der Waals surface area (Å²) in [4.78, 5) is 25.2. The maximum Gasteiger partial charge on any atom is 0.268 e. The standard InChI is InChI=1S/C44H87N2O6P/c1-6-8-10-12-14-16-18-19-20-21-22-23-24-25-26-28-29-31-33-35-37-43(47)42(41-52-53(49,50)51-40-39-46(3,4)5)45-44(48)38-36-34-32-30-27-17-15-13-11-9-7-2/h28-29,35,37,42-43,47H,6-27,30-34,36,38-41H2,1-5H3,(H-,45,48,49,50)/b29-28+,37-35+. The monoisotopic (exact) mass is 771 g/mol. The van der Waals surface area contributed by atoms with Gasteiger partial charge in [-0.15, -0.1) is 0 Å². The maximum absolute atomic E-state index is 12.8. The molecule has 0 aromatic heterocycles.